The van der Waals surface area contributed by atoms with Crippen molar-refractivity contribution in [1.29, 1.82) is 0 Å². The minimum atomic E-state index is 0.203. The fourth-order valence-electron chi connectivity index (χ4n) is 6.37. The number of hydrogen-bond donors (Lipinski definition) is 0. The molecule has 0 bridgehead atoms. The maximum absolute atomic E-state index is 5.49. The van der Waals surface area contributed by atoms with Crippen LogP contribution >= 0.6 is 11.3 Å². The van der Waals surface area contributed by atoms with E-state index in [0.29, 0.717) is 5.92 Å². The molecular formula is C35H26N2S. The van der Waals surface area contributed by atoms with Gasteiger partial charge in [-0.05, 0) is 58.9 Å². The normalized spacial score (nSPS) is 19.5. The second-order valence-corrected chi connectivity index (χ2v) is 11.3. The number of hydrogen-bond acceptors (Lipinski definition) is 3. The van der Waals surface area contributed by atoms with Crippen molar-refractivity contribution in [3.05, 3.63) is 147 Å². The van der Waals surface area contributed by atoms with E-state index in [4.69, 9.17) is 4.99 Å². The van der Waals surface area contributed by atoms with Gasteiger partial charge in [-0.25, -0.2) is 4.99 Å². The van der Waals surface area contributed by atoms with Crippen LogP contribution in [0.3, 0.4) is 0 Å². The quantitative estimate of drug-likeness (QED) is 0.258. The predicted octanol–water partition coefficient (Wildman–Crippen LogP) is 6.77. The number of aliphatic imine (C=N–C) groups is 1. The first kappa shape index (κ1) is 21.8. The summed E-state index contributed by atoms with van der Waals surface area (Å²) in [6, 6.07) is 37.3. The molecule has 0 saturated carbocycles. The molecule has 2 aliphatic heterocycles. The number of thiophene rings is 1. The van der Waals surface area contributed by atoms with Crippen LogP contribution in [-0.4, -0.2) is 11.8 Å². The van der Waals surface area contributed by atoms with Gasteiger partial charge in [-0.2, -0.15) is 0 Å². The molecule has 2 nitrogen and oxygen atoms in total. The second kappa shape index (κ2) is 8.68. The van der Waals surface area contributed by atoms with Crippen molar-refractivity contribution in [3.8, 4) is 0 Å². The van der Waals surface area contributed by atoms with E-state index in [2.05, 4.69) is 126 Å². The minimum Gasteiger partial charge on any atom is -0.318 e. The number of anilines is 1. The molecule has 0 spiro atoms. The fourth-order valence-corrected chi connectivity index (χ4v) is 7.53. The van der Waals surface area contributed by atoms with Crippen LogP contribution in [0.5, 0.6) is 0 Å². The molecule has 0 saturated heterocycles. The minimum absolute atomic E-state index is 0.203. The lowest BCUT2D eigenvalue weighted by Crippen LogP contribution is -2.38. The van der Waals surface area contributed by atoms with Gasteiger partial charge in [0.15, 0.2) is 0 Å². The van der Waals surface area contributed by atoms with Gasteiger partial charge in [0, 0.05) is 32.0 Å². The van der Waals surface area contributed by atoms with Gasteiger partial charge in [-0.15, -0.1) is 11.3 Å². The highest BCUT2D eigenvalue weighted by molar-refractivity contribution is 7.17. The van der Waals surface area contributed by atoms with Crippen LogP contribution < -0.4 is 14.7 Å². The molecule has 2 atom stereocenters. The standard InChI is InChI=1S/C35H26N2S/c1-2-12-24(13-3-1)35-25-15-5-4-11-23(25)14-10-20-34(36-35)37-30-18-8-6-16-26(30)28-21-29-27-17-7-9-19-32(27)38-33(29)22-31(28)37/h1-9,11-13,15-22,28,31H,10,14H2/t28?,31-/m0/s1. The first-order valence-corrected chi connectivity index (χ1v) is 14.2. The van der Waals surface area contributed by atoms with Gasteiger partial charge >= 0.3 is 0 Å². The summed E-state index contributed by atoms with van der Waals surface area (Å²) < 4.78 is 2.73. The molecule has 38 heavy (non-hydrogen) atoms. The number of benzene rings is 4. The Hall–Kier alpha value is -4.21. The third-order valence-corrected chi connectivity index (χ3v) is 9.24. The SMILES string of the molecule is C1=C(N2c3ccccc3C3C=c4c(sc5ccccc45)=C[C@@H]32)N=C(c2ccccc2)c2ccccc2CC1. The zero-order valence-corrected chi connectivity index (χ0v) is 21.7. The van der Waals surface area contributed by atoms with Gasteiger partial charge in [0.05, 0.1) is 11.8 Å². The molecule has 3 heterocycles. The van der Waals surface area contributed by atoms with Gasteiger partial charge in [-0.3, -0.25) is 0 Å². The van der Waals surface area contributed by atoms with Crippen LogP contribution in [0.15, 0.2) is 120 Å². The number of rotatable bonds is 2. The molecule has 0 amide bonds. The van der Waals surface area contributed by atoms with Gasteiger partial charge < -0.3 is 4.90 Å². The average molecular weight is 507 g/mol. The topological polar surface area (TPSA) is 15.6 Å². The Balaban J connectivity index is 1.35. The van der Waals surface area contributed by atoms with Crippen molar-refractivity contribution in [2.24, 2.45) is 4.99 Å². The lowest BCUT2D eigenvalue weighted by molar-refractivity contribution is 0.766. The molecule has 8 rings (SSSR count). The Bertz CT molecular complexity index is 1890. The molecule has 5 aromatic rings. The van der Waals surface area contributed by atoms with Crippen molar-refractivity contribution in [3.63, 3.8) is 0 Å². The lowest BCUT2D eigenvalue weighted by atomic mass is 9.90. The highest BCUT2D eigenvalue weighted by Crippen LogP contribution is 2.46. The maximum Gasteiger partial charge on any atom is 0.130 e. The van der Waals surface area contributed by atoms with Crippen LogP contribution in [0.2, 0.25) is 0 Å². The highest BCUT2D eigenvalue weighted by atomic mass is 32.1. The molecule has 3 heteroatoms. The fraction of sp³-hybridized carbons (Fsp3) is 0.114. The Morgan fingerprint density at radius 1 is 0.763 bits per heavy atom. The Morgan fingerprint density at radius 2 is 1.55 bits per heavy atom. The van der Waals surface area contributed by atoms with E-state index in [9.17, 15) is 0 Å². The van der Waals surface area contributed by atoms with Crippen LogP contribution in [0.1, 0.15) is 34.6 Å². The average Bonchev–Trinajstić information content (AvgIpc) is 3.48. The summed E-state index contributed by atoms with van der Waals surface area (Å²) in [5, 5.41) is 2.75. The van der Waals surface area contributed by atoms with Crippen LogP contribution in [0.4, 0.5) is 5.69 Å². The van der Waals surface area contributed by atoms with E-state index in [1.165, 1.54) is 42.2 Å². The zero-order chi connectivity index (χ0) is 25.1. The Kier molecular flexibility index (Phi) is 4.99. The van der Waals surface area contributed by atoms with Crippen molar-refractivity contribution in [2.75, 3.05) is 4.90 Å². The Morgan fingerprint density at radius 3 is 2.50 bits per heavy atom. The number of fused-ring (bicyclic) bond motifs is 7. The Labute approximate surface area is 226 Å². The summed E-state index contributed by atoms with van der Waals surface area (Å²) in [6.07, 6.45) is 9.33. The maximum atomic E-state index is 5.49. The van der Waals surface area contributed by atoms with Crippen molar-refractivity contribution < 1.29 is 0 Å². The molecular weight excluding hydrogens is 480 g/mol. The van der Waals surface area contributed by atoms with Crippen molar-refractivity contribution >= 4 is 45.0 Å². The number of aryl methyl sites for hydroxylation is 1. The molecule has 1 aromatic heterocycles. The van der Waals surface area contributed by atoms with Crippen LogP contribution in [-0.2, 0) is 6.42 Å². The van der Waals surface area contributed by atoms with E-state index in [1.807, 2.05) is 11.3 Å². The number of para-hydroxylation sites is 1. The van der Waals surface area contributed by atoms with Gasteiger partial charge in [0.1, 0.15) is 5.82 Å². The summed E-state index contributed by atoms with van der Waals surface area (Å²) in [4.78, 5) is 7.99. The summed E-state index contributed by atoms with van der Waals surface area (Å²) in [5.41, 5.74) is 7.45. The third kappa shape index (κ3) is 3.35. The van der Waals surface area contributed by atoms with Gasteiger partial charge in [-0.1, -0.05) is 97.1 Å². The predicted molar refractivity (Wildman–Crippen MR) is 160 cm³/mol. The van der Waals surface area contributed by atoms with E-state index in [-0.39, 0.29) is 6.04 Å². The third-order valence-electron chi connectivity index (χ3n) is 8.09. The summed E-state index contributed by atoms with van der Waals surface area (Å²) >= 11 is 1.90. The molecule has 3 aliphatic rings. The lowest BCUT2D eigenvalue weighted by Gasteiger charge is -2.30. The van der Waals surface area contributed by atoms with E-state index in [0.717, 1.165) is 29.9 Å². The zero-order valence-electron chi connectivity index (χ0n) is 20.9. The number of allylic oxidation sites excluding steroid dienone is 1. The summed E-state index contributed by atoms with van der Waals surface area (Å²) in [7, 11) is 0. The largest absolute Gasteiger partial charge is 0.318 e. The van der Waals surface area contributed by atoms with E-state index < -0.39 is 0 Å². The highest BCUT2D eigenvalue weighted by Gasteiger charge is 2.39. The van der Waals surface area contributed by atoms with Gasteiger partial charge in [0.25, 0.3) is 0 Å². The summed E-state index contributed by atoms with van der Waals surface area (Å²) in [5.74, 6) is 1.35. The first-order valence-electron chi connectivity index (χ1n) is 13.4. The molecule has 182 valence electrons. The monoisotopic (exact) mass is 506 g/mol. The molecule has 1 aliphatic carbocycles. The molecule has 0 N–H and O–H groups in total. The number of nitrogens with zero attached hydrogens (tertiary/aromatic N) is 2. The van der Waals surface area contributed by atoms with Crippen molar-refractivity contribution in [2.45, 2.75) is 24.8 Å². The van der Waals surface area contributed by atoms with Crippen molar-refractivity contribution in [1.82, 2.24) is 0 Å². The van der Waals surface area contributed by atoms with Gasteiger partial charge in [0.2, 0.25) is 0 Å². The van der Waals surface area contributed by atoms with Crippen LogP contribution in [0.25, 0.3) is 22.2 Å². The molecule has 0 radical (unpaired) electrons. The molecule has 1 unspecified atom stereocenters. The molecule has 0 fully saturated rings. The first-order chi connectivity index (χ1) is 18.8. The smallest absolute Gasteiger partial charge is 0.130 e. The molecule has 4 aromatic carbocycles. The second-order valence-electron chi connectivity index (χ2n) is 10.2. The summed E-state index contributed by atoms with van der Waals surface area (Å²) in [6.45, 7) is 0. The van der Waals surface area contributed by atoms with E-state index in [1.54, 1.807) is 0 Å². The van der Waals surface area contributed by atoms with E-state index >= 15 is 0 Å². The van der Waals surface area contributed by atoms with Crippen LogP contribution in [0, 0.1) is 0 Å².